The maximum absolute atomic E-state index is 10.9. The van der Waals surface area contributed by atoms with Crippen LogP contribution in [-0.4, -0.2) is 10.2 Å². The SMILES string of the molecule is CCC(O)(CC)c1ccc(-c2cc(CCc3ccc(CO)cc3)ccc2C)c(C)c1. The lowest BCUT2D eigenvalue weighted by Gasteiger charge is -2.27. The summed E-state index contributed by atoms with van der Waals surface area (Å²) in [4.78, 5) is 0. The number of aliphatic hydroxyl groups is 2. The maximum Gasteiger partial charge on any atom is 0.0891 e. The highest BCUT2D eigenvalue weighted by Crippen LogP contribution is 2.34. The van der Waals surface area contributed by atoms with Crippen LogP contribution in [0.4, 0.5) is 0 Å². The number of benzene rings is 3. The van der Waals surface area contributed by atoms with Crippen molar-refractivity contribution in [2.24, 2.45) is 0 Å². The molecule has 0 aromatic heterocycles. The predicted octanol–water partition coefficient (Wildman–Crippen LogP) is 6.26. The highest BCUT2D eigenvalue weighted by atomic mass is 16.3. The second-order valence-electron chi connectivity index (χ2n) is 8.39. The lowest BCUT2D eigenvalue weighted by molar-refractivity contribution is 0.0283. The third-order valence-corrected chi connectivity index (χ3v) is 6.43. The Balaban J connectivity index is 1.84. The van der Waals surface area contributed by atoms with Crippen molar-refractivity contribution in [3.63, 3.8) is 0 Å². The largest absolute Gasteiger partial charge is 0.392 e. The van der Waals surface area contributed by atoms with E-state index in [1.54, 1.807) is 0 Å². The van der Waals surface area contributed by atoms with Crippen LogP contribution in [0, 0.1) is 13.8 Å². The second kappa shape index (κ2) is 9.59. The van der Waals surface area contributed by atoms with E-state index in [1.807, 2.05) is 26.0 Å². The molecule has 0 spiro atoms. The monoisotopic (exact) mass is 402 g/mol. The van der Waals surface area contributed by atoms with Gasteiger partial charge in [-0.3, -0.25) is 0 Å². The Hall–Kier alpha value is -2.42. The Morgan fingerprint density at radius 2 is 1.27 bits per heavy atom. The van der Waals surface area contributed by atoms with Crippen LogP contribution in [0.15, 0.2) is 60.7 Å². The highest BCUT2D eigenvalue weighted by molar-refractivity contribution is 5.71. The maximum atomic E-state index is 10.9. The van der Waals surface area contributed by atoms with E-state index in [-0.39, 0.29) is 6.61 Å². The number of rotatable bonds is 8. The fraction of sp³-hybridized carbons (Fsp3) is 0.357. The molecule has 0 fully saturated rings. The molecule has 0 unspecified atom stereocenters. The summed E-state index contributed by atoms with van der Waals surface area (Å²) in [6.45, 7) is 8.47. The molecule has 3 aromatic carbocycles. The minimum Gasteiger partial charge on any atom is -0.392 e. The molecular weight excluding hydrogens is 368 g/mol. The Labute approximate surface area is 181 Å². The molecule has 3 rings (SSSR count). The molecule has 158 valence electrons. The van der Waals surface area contributed by atoms with Gasteiger partial charge in [-0.1, -0.05) is 74.5 Å². The summed E-state index contributed by atoms with van der Waals surface area (Å²) in [5.41, 5.74) is 8.80. The first-order chi connectivity index (χ1) is 14.4. The third kappa shape index (κ3) is 4.83. The summed E-state index contributed by atoms with van der Waals surface area (Å²) in [6, 6.07) is 21.3. The number of hydrogen-bond acceptors (Lipinski definition) is 2. The molecule has 0 heterocycles. The lowest BCUT2D eigenvalue weighted by Crippen LogP contribution is -2.23. The van der Waals surface area contributed by atoms with E-state index < -0.39 is 5.60 Å². The molecule has 0 aliphatic carbocycles. The molecule has 0 radical (unpaired) electrons. The van der Waals surface area contributed by atoms with Crippen molar-refractivity contribution < 1.29 is 10.2 Å². The first-order valence-corrected chi connectivity index (χ1v) is 11.0. The Morgan fingerprint density at radius 1 is 0.667 bits per heavy atom. The summed E-state index contributed by atoms with van der Waals surface area (Å²) < 4.78 is 0. The molecule has 2 heteroatoms. The summed E-state index contributed by atoms with van der Waals surface area (Å²) in [5, 5.41) is 20.1. The fourth-order valence-electron chi connectivity index (χ4n) is 4.13. The topological polar surface area (TPSA) is 40.5 Å². The number of aryl methyl sites for hydroxylation is 4. The van der Waals surface area contributed by atoms with Gasteiger partial charge in [0.15, 0.2) is 0 Å². The van der Waals surface area contributed by atoms with Gasteiger partial charge in [0.2, 0.25) is 0 Å². The van der Waals surface area contributed by atoms with Gasteiger partial charge in [-0.15, -0.1) is 0 Å². The molecule has 0 atom stereocenters. The molecule has 0 saturated heterocycles. The first kappa shape index (κ1) is 22.3. The van der Waals surface area contributed by atoms with Gasteiger partial charge in [0.25, 0.3) is 0 Å². The normalized spacial score (nSPS) is 11.7. The predicted molar refractivity (Wildman–Crippen MR) is 126 cm³/mol. The Bertz CT molecular complexity index is 982. The summed E-state index contributed by atoms with van der Waals surface area (Å²) in [7, 11) is 0. The smallest absolute Gasteiger partial charge is 0.0891 e. The van der Waals surface area contributed by atoms with E-state index >= 15 is 0 Å². The zero-order chi connectivity index (χ0) is 21.7. The molecule has 0 saturated carbocycles. The van der Waals surface area contributed by atoms with Crippen molar-refractivity contribution >= 4 is 0 Å². The van der Waals surface area contributed by atoms with Crippen LogP contribution in [-0.2, 0) is 25.0 Å². The van der Waals surface area contributed by atoms with E-state index in [2.05, 4.69) is 62.4 Å². The molecule has 3 aromatic rings. The van der Waals surface area contributed by atoms with Crippen LogP contribution in [0.3, 0.4) is 0 Å². The van der Waals surface area contributed by atoms with Gasteiger partial charge in [-0.25, -0.2) is 0 Å². The molecule has 30 heavy (non-hydrogen) atoms. The van der Waals surface area contributed by atoms with E-state index in [0.29, 0.717) is 0 Å². The number of hydrogen-bond donors (Lipinski definition) is 2. The zero-order valence-electron chi connectivity index (χ0n) is 18.7. The quantitative estimate of drug-likeness (QED) is 0.467. The van der Waals surface area contributed by atoms with Crippen LogP contribution >= 0.6 is 0 Å². The molecule has 0 amide bonds. The fourth-order valence-corrected chi connectivity index (χ4v) is 4.13. The number of aliphatic hydroxyl groups excluding tert-OH is 1. The van der Waals surface area contributed by atoms with Crippen LogP contribution in [0.1, 0.15) is 60.1 Å². The van der Waals surface area contributed by atoms with Crippen molar-refractivity contribution in [3.8, 4) is 11.1 Å². The molecular formula is C28H34O2. The highest BCUT2D eigenvalue weighted by Gasteiger charge is 2.25. The molecule has 0 aliphatic rings. The average molecular weight is 403 g/mol. The van der Waals surface area contributed by atoms with Gasteiger partial charge in [0, 0.05) is 0 Å². The van der Waals surface area contributed by atoms with Crippen LogP contribution < -0.4 is 0 Å². The summed E-state index contributed by atoms with van der Waals surface area (Å²) in [5.74, 6) is 0. The average Bonchev–Trinajstić information content (AvgIpc) is 2.78. The molecule has 0 bridgehead atoms. The van der Waals surface area contributed by atoms with Crippen molar-refractivity contribution in [1.82, 2.24) is 0 Å². The van der Waals surface area contributed by atoms with Gasteiger partial charge >= 0.3 is 0 Å². The molecule has 2 nitrogen and oxygen atoms in total. The standard InChI is InChI=1S/C28H34O2/c1-5-28(30,6-2)25-15-16-26(21(4)17-25)27-18-23(8-7-20(27)3)12-9-22-10-13-24(19-29)14-11-22/h7-8,10-11,13-18,29-30H,5-6,9,12,19H2,1-4H3. The minimum absolute atomic E-state index is 0.0909. The Morgan fingerprint density at radius 3 is 1.87 bits per heavy atom. The second-order valence-corrected chi connectivity index (χ2v) is 8.39. The van der Waals surface area contributed by atoms with E-state index in [9.17, 15) is 10.2 Å². The van der Waals surface area contributed by atoms with Crippen LogP contribution in [0.5, 0.6) is 0 Å². The third-order valence-electron chi connectivity index (χ3n) is 6.43. The van der Waals surface area contributed by atoms with Gasteiger partial charge in [0.1, 0.15) is 0 Å². The van der Waals surface area contributed by atoms with Gasteiger partial charge < -0.3 is 10.2 Å². The Kier molecular flexibility index (Phi) is 7.12. The first-order valence-electron chi connectivity index (χ1n) is 11.0. The van der Waals surface area contributed by atoms with Crippen LogP contribution in [0.2, 0.25) is 0 Å². The zero-order valence-corrected chi connectivity index (χ0v) is 18.7. The van der Waals surface area contributed by atoms with E-state index in [1.165, 1.54) is 33.4 Å². The lowest BCUT2D eigenvalue weighted by atomic mass is 9.85. The van der Waals surface area contributed by atoms with Crippen molar-refractivity contribution in [2.45, 2.75) is 65.6 Å². The minimum atomic E-state index is -0.744. The summed E-state index contributed by atoms with van der Waals surface area (Å²) >= 11 is 0. The van der Waals surface area contributed by atoms with Gasteiger partial charge in [-0.2, -0.15) is 0 Å². The van der Waals surface area contributed by atoms with Crippen molar-refractivity contribution in [2.75, 3.05) is 0 Å². The molecule has 0 aliphatic heterocycles. The van der Waals surface area contributed by atoms with Gasteiger partial charge in [0.05, 0.1) is 12.2 Å². The van der Waals surface area contributed by atoms with Crippen molar-refractivity contribution in [3.05, 3.63) is 94.0 Å². The molecule has 2 N–H and O–H groups in total. The van der Waals surface area contributed by atoms with Gasteiger partial charge in [-0.05, 0) is 84.0 Å². The van der Waals surface area contributed by atoms with Crippen LogP contribution in [0.25, 0.3) is 11.1 Å². The van der Waals surface area contributed by atoms with Crippen molar-refractivity contribution in [1.29, 1.82) is 0 Å². The van der Waals surface area contributed by atoms with E-state index in [0.717, 1.165) is 36.8 Å². The summed E-state index contributed by atoms with van der Waals surface area (Å²) in [6.07, 6.45) is 3.40. The van der Waals surface area contributed by atoms with E-state index in [4.69, 9.17) is 0 Å².